The van der Waals surface area contributed by atoms with Gasteiger partial charge in [-0.1, -0.05) is 23.8 Å². The summed E-state index contributed by atoms with van der Waals surface area (Å²) in [5.41, 5.74) is 2.28. The highest BCUT2D eigenvalue weighted by Crippen LogP contribution is 2.33. The fourth-order valence-corrected chi connectivity index (χ4v) is 4.18. The molecule has 0 aromatic heterocycles. The molecule has 1 fully saturated rings. The number of anilines is 1. The van der Waals surface area contributed by atoms with Gasteiger partial charge >= 0.3 is 5.97 Å². The summed E-state index contributed by atoms with van der Waals surface area (Å²) in [5.74, 6) is -1.05. The fraction of sp³-hybridized carbons (Fsp3) is 0.217. The minimum atomic E-state index is -0.539. The summed E-state index contributed by atoms with van der Waals surface area (Å²) in [6.07, 6.45) is 1.56. The number of hydrogen-bond acceptors (Lipinski definition) is 7. The van der Waals surface area contributed by atoms with Gasteiger partial charge < -0.3 is 14.8 Å². The van der Waals surface area contributed by atoms with Crippen LogP contribution in [0.4, 0.5) is 10.5 Å². The van der Waals surface area contributed by atoms with E-state index in [0.717, 1.165) is 22.2 Å². The van der Waals surface area contributed by atoms with Crippen LogP contribution in [-0.2, 0) is 19.1 Å². The zero-order chi connectivity index (χ0) is 24.0. The van der Waals surface area contributed by atoms with Crippen LogP contribution in [0, 0.1) is 6.92 Å². The van der Waals surface area contributed by atoms with E-state index in [0.29, 0.717) is 21.5 Å². The van der Waals surface area contributed by atoms with E-state index in [2.05, 4.69) is 21.2 Å². The summed E-state index contributed by atoms with van der Waals surface area (Å²) in [6, 6.07) is 12.2. The number of rotatable bonds is 8. The molecule has 0 radical (unpaired) electrons. The molecular formula is C23H21BrN2O6S. The van der Waals surface area contributed by atoms with Gasteiger partial charge in [0, 0.05) is 5.69 Å². The second kappa shape index (κ2) is 11.2. The minimum absolute atomic E-state index is 0.204. The van der Waals surface area contributed by atoms with E-state index in [1.54, 1.807) is 43.3 Å². The Hall–Kier alpha value is -3.11. The van der Waals surface area contributed by atoms with E-state index in [1.807, 2.05) is 19.1 Å². The number of thioether (sulfide) groups is 1. The predicted octanol–water partition coefficient (Wildman–Crippen LogP) is 4.37. The van der Waals surface area contributed by atoms with Gasteiger partial charge in [-0.3, -0.25) is 19.3 Å². The molecule has 0 unspecified atom stereocenters. The molecule has 1 saturated heterocycles. The van der Waals surface area contributed by atoms with Gasteiger partial charge in [0.05, 0.1) is 16.0 Å². The highest BCUT2D eigenvalue weighted by molar-refractivity contribution is 9.10. The highest BCUT2D eigenvalue weighted by atomic mass is 79.9. The number of nitrogens with zero attached hydrogens (tertiary/aromatic N) is 1. The zero-order valence-corrected chi connectivity index (χ0v) is 20.3. The third kappa shape index (κ3) is 6.69. The number of esters is 1. The zero-order valence-electron chi connectivity index (χ0n) is 17.9. The molecule has 3 rings (SSSR count). The highest BCUT2D eigenvalue weighted by Gasteiger charge is 2.36. The van der Waals surface area contributed by atoms with Crippen molar-refractivity contribution < 1.29 is 28.7 Å². The van der Waals surface area contributed by atoms with Crippen molar-refractivity contribution >= 4 is 62.5 Å². The van der Waals surface area contributed by atoms with Crippen molar-refractivity contribution in [2.24, 2.45) is 0 Å². The molecule has 1 aliphatic rings. The Morgan fingerprint density at radius 1 is 1.15 bits per heavy atom. The molecule has 0 spiro atoms. The molecule has 0 bridgehead atoms. The Kier molecular flexibility index (Phi) is 8.29. The number of halogens is 1. The molecule has 0 saturated carbocycles. The van der Waals surface area contributed by atoms with Gasteiger partial charge in [-0.15, -0.1) is 0 Å². The van der Waals surface area contributed by atoms with Crippen molar-refractivity contribution in [1.29, 1.82) is 0 Å². The van der Waals surface area contributed by atoms with E-state index in [4.69, 9.17) is 9.47 Å². The maximum absolute atomic E-state index is 12.7. The van der Waals surface area contributed by atoms with Crippen LogP contribution in [0.1, 0.15) is 18.1 Å². The van der Waals surface area contributed by atoms with E-state index in [-0.39, 0.29) is 24.7 Å². The Labute approximate surface area is 203 Å². The molecule has 8 nitrogen and oxygen atoms in total. The number of carbonyl (C=O) groups is 4. The van der Waals surface area contributed by atoms with Crippen LogP contribution >= 0.6 is 27.7 Å². The fourth-order valence-electron chi connectivity index (χ4n) is 2.83. The molecule has 1 N–H and O–H groups in total. The third-order valence-electron chi connectivity index (χ3n) is 4.42. The molecule has 2 aromatic rings. The van der Waals surface area contributed by atoms with Gasteiger partial charge in [-0.05, 0) is 77.4 Å². The number of carbonyl (C=O) groups excluding carboxylic acids is 4. The SMILES string of the molecule is CCOC(=O)COc1ccc(C=C2SC(=O)N(CC(=O)Nc3ccc(C)cc3)C2=O)cc1Br. The third-order valence-corrected chi connectivity index (χ3v) is 5.94. The van der Waals surface area contributed by atoms with Gasteiger partial charge in [0.2, 0.25) is 5.91 Å². The Bertz CT molecular complexity index is 1120. The first-order valence-corrected chi connectivity index (χ1v) is 11.6. The van der Waals surface area contributed by atoms with Crippen LogP contribution in [0.2, 0.25) is 0 Å². The van der Waals surface area contributed by atoms with Gasteiger partial charge in [0.25, 0.3) is 11.1 Å². The minimum Gasteiger partial charge on any atom is -0.481 e. The standard InChI is InChI=1S/C23H21BrN2O6S/c1-3-31-21(28)13-32-18-9-6-15(10-17(18)24)11-19-22(29)26(23(30)33-19)12-20(27)25-16-7-4-14(2)5-8-16/h4-11H,3,12-13H2,1-2H3,(H,25,27). The first kappa shape index (κ1) is 24.5. The number of imide groups is 1. The summed E-state index contributed by atoms with van der Waals surface area (Å²) in [4.78, 5) is 49.9. The van der Waals surface area contributed by atoms with Crippen molar-refractivity contribution in [2.45, 2.75) is 13.8 Å². The quantitative estimate of drug-likeness (QED) is 0.397. The average Bonchev–Trinajstić information content (AvgIpc) is 3.02. The Balaban J connectivity index is 1.63. The number of nitrogens with one attached hydrogen (secondary N) is 1. The molecule has 2 aromatic carbocycles. The normalized spacial score (nSPS) is 14.5. The molecule has 3 amide bonds. The summed E-state index contributed by atoms with van der Waals surface area (Å²) in [7, 11) is 0. The molecule has 172 valence electrons. The van der Waals surface area contributed by atoms with Crippen LogP contribution in [0.3, 0.4) is 0 Å². The van der Waals surface area contributed by atoms with E-state index in [1.165, 1.54) is 0 Å². The number of aryl methyl sites for hydroxylation is 1. The molecule has 1 heterocycles. The summed E-state index contributed by atoms with van der Waals surface area (Å²) in [5, 5.41) is 2.16. The van der Waals surface area contributed by atoms with Crippen molar-refractivity contribution in [3.05, 3.63) is 63.0 Å². The van der Waals surface area contributed by atoms with Crippen LogP contribution < -0.4 is 10.1 Å². The summed E-state index contributed by atoms with van der Waals surface area (Å²) >= 11 is 4.13. The first-order chi connectivity index (χ1) is 15.8. The molecule has 0 atom stereocenters. The topological polar surface area (TPSA) is 102 Å². The number of benzene rings is 2. The van der Waals surface area contributed by atoms with Gasteiger partial charge in [0.1, 0.15) is 12.3 Å². The first-order valence-electron chi connectivity index (χ1n) is 9.96. The lowest BCUT2D eigenvalue weighted by Crippen LogP contribution is -2.36. The molecule has 0 aliphatic carbocycles. The molecule has 33 heavy (non-hydrogen) atoms. The lowest BCUT2D eigenvalue weighted by atomic mass is 10.2. The van der Waals surface area contributed by atoms with Crippen molar-refractivity contribution in [1.82, 2.24) is 4.90 Å². The second-order valence-electron chi connectivity index (χ2n) is 6.97. The Morgan fingerprint density at radius 2 is 1.88 bits per heavy atom. The van der Waals surface area contributed by atoms with Gasteiger partial charge in [-0.2, -0.15) is 0 Å². The maximum atomic E-state index is 12.7. The smallest absolute Gasteiger partial charge is 0.344 e. The Morgan fingerprint density at radius 3 is 2.55 bits per heavy atom. The van der Waals surface area contributed by atoms with Gasteiger partial charge in [0.15, 0.2) is 6.61 Å². The number of amides is 3. The summed E-state index contributed by atoms with van der Waals surface area (Å²) in [6.45, 7) is 3.31. The lowest BCUT2D eigenvalue weighted by molar-refractivity contribution is -0.145. The van der Waals surface area contributed by atoms with Crippen LogP contribution in [0.15, 0.2) is 51.8 Å². The number of hydrogen-bond donors (Lipinski definition) is 1. The monoisotopic (exact) mass is 532 g/mol. The van der Waals surface area contributed by atoms with E-state index >= 15 is 0 Å². The van der Waals surface area contributed by atoms with Crippen molar-refractivity contribution in [2.75, 3.05) is 25.1 Å². The second-order valence-corrected chi connectivity index (χ2v) is 8.81. The largest absolute Gasteiger partial charge is 0.481 e. The van der Waals surface area contributed by atoms with Crippen molar-refractivity contribution in [3.63, 3.8) is 0 Å². The van der Waals surface area contributed by atoms with Crippen LogP contribution in [0.25, 0.3) is 6.08 Å². The van der Waals surface area contributed by atoms with Crippen LogP contribution in [0.5, 0.6) is 5.75 Å². The molecular weight excluding hydrogens is 512 g/mol. The van der Waals surface area contributed by atoms with Crippen molar-refractivity contribution in [3.8, 4) is 5.75 Å². The summed E-state index contributed by atoms with van der Waals surface area (Å²) < 4.78 is 10.8. The number of ether oxygens (including phenoxy) is 2. The lowest BCUT2D eigenvalue weighted by Gasteiger charge is -2.12. The van der Waals surface area contributed by atoms with Gasteiger partial charge in [-0.25, -0.2) is 4.79 Å². The maximum Gasteiger partial charge on any atom is 0.344 e. The van der Waals surface area contributed by atoms with E-state index in [9.17, 15) is 19.2 Å². The molecule has 10 heteroatoms. The van der Waals surface area contributed by atoms with E-state index < -0.39 is 23.0 Å². The van der Waals surface area contributed by atoms with Crippen LogP contribution in [-0.4, -0.2) is 47.7 Å². The predicted molar refractivity (Wildman–Crippen MR) is 129 cm³/mol. The molecule has 1 aliphatic heterocycles. The average molecular weight is 533 g/mol.